The zero-order chi connectivity index (χ0) is 70.0. The molecule has 29 heteroatoms. The fourth-order valence-corrected chi connectivity index (χ4v) is 14.8. The fraction of sp³-hybridized carbons (Fsp3) is 0.377. The Balaban J connectivity index is 0.752. The number of nitrogens with one attached hydrogen (secondary N) is 8. The number of aromatic nitrogens is 6. The molecular weight excluding hydrogens is 1520 g/mol. The largest absolute Gasteiger partial charge is 0.497 e. The van der Waals surface area contributed by atoms with Crippen LogP contribution in [0.2, 0.25) is 0 Å². The van der Waals surface area contributed by atoms with Crippen LogP contribution in [0, 0.1) is 12.7 Å². The highest BCUT2D eigenvalue weighted by Crippen LogP contribution is 2.28. The second kappa shape index (κ2) is 35.5. The van der Waals surface area contributed by atoms with E-state index < -0.39 is 84.1 Å². The third-order valence-electron chi connectivity index (χ3n) is 16.9. The number of amides is 8. The number of nitrogens with zero attached hydrogens (tertiary/aromatic N) is 6. The lowest BCUT2D eigenvalue weighted by atomic mass is 9.99. The number of rotatable bonds is 34. The number of carbonyl (C=O) groups is 9. The molecule has 0 spiro atoms. The number of likely N-dealkylation sites (N-methyl/N-ethyl adjacent to an activating group) is 1. The summed E-state index contributed by atoms with van der Waals surface area (Å²) in [6, 6.07) is 19.4. The van der Waals surface area contributed by atoms with Crippen LogP contribution < -0.4 is 31.3 Å². The maximum atomic E-state index is 14.7. The zero-order valence-electron chi connectivity index (χ0n) is 54.8. The van der Waals surface area contributed by atoms with E-state index in [4.69, 9.17) is 4.74 Å². The molecule has 1 aliphatic rings. The van der Waals surface area contributed by atoms with Crippen LogP contribution in [0.25, 0.3) is 21.8 Å². The number of imidazole rings is 2. The van der Waals surface area contributed by atoms with Crippen LogP contribution in [-0.2, 0) is 86.8 Å². The second-order valence-corrected chi connectivity index (χ2v) is 28.6. The summed E-state index contributed by atoms with van der Waals surface area (Å²) >= 11 is 7.01. The predicted molar refractivity (Wildman–Crippen MR) is 391 cm³/mol. The van der Waals surface area contributed by atoms with E-state index in [1.807, 2.05) is 55.5 Å². The minimum Gasteiger partial charge on any atom is -0.497 e. The standard InChI is InChI=1S/C69H79FI2N14O10S2/c1-41-11-17-55-53(24-41)47(32-76-55)27-56(42(2)87)81-65(91)57(28-48-35-85(71)60-18-14-49(70)29-54(48)60)80-63(89)36-86(72)69(95)62(31-51-34-74-40-78-51)83(4)64(90)19-22-97-37-45-8-6-9-46(25-45)38-98-23-20-75-67(93)61-10-7-21-84(61)68(94)59(26-44-12-15-52(96-5)16-13-44)82-66(92)58(79-43(3)88)30-50-33-73-39-77-50/h6,8-9,11-18,24-25,29,32-35,39-40,56-59,61-62,76H,7,10,19-23,26-28,30-31,36-38H2,1-5H3,(H,73,77)(H,74,78)(H,75,93)(H,79,88)(H,80,89)(H,81,91)(H,82,92)/t56-,57+,58-,59-,61?,62-/m0/s1. The quantitative estimate of drug-likeness (QED) is 0.0115. The number of aryl methyl sites for hydroxylation is 1. The molecule has 1 saturated heterocycles. The molecule has 0 saturated carbocycles. The van der Waals surface area contributed by atoms with Crippen LogP contribution in [0.3, 0.4) is 0 Å². The summed E-state index contributed by atoms with van der Waals surface area (Å²) in [5, 5.41) is 15.7. The molecule has 0 aliphatic carbocycles. The van der Waals surface area contributed by atoms with Crippen LogP contribution >= 0.6 is 69.3 Å². The molecule has 1 aliphatic heterocycles. The molecule has 8 N–H and O–H groups in total. The van der Waals surface area contributed by atoms with Crippen LogP contribution in [0.4, 0.5) is 4.39 Å². The van der Waals surface area contributed by atoms with Gasteiger partial charge in [-0.25, -0.2) is 14.4 Å². The van der Waals surface area contributed by atoms with E-state index in [9.17, 15) is 47.5 Å². The summed E-state index contributed by atoms with van der Waals surface area (Å²) in [5.74, 6) is -1.71. The molecule has 8 amide bonds. The monoisotopic (exact) mass is 1600 g/mol. The zero-order valence-corrected chi connectivity index (χ0v) is 60.8. The van der Waals surface area contributed by atoms with Crippen molar-refractivity contribution < 1.29 is 52.3 Å². The van der Waals surface area contributed by atoms with Gasteiger partial charge in [-0.1, -0.05) is 48.0 Å². The first-order valence-corrected chi connectivity index (χ1v) is 36.2. The SMILES string of the molecule is COc1ccc(C[C@H](NC(=O)[C@H](Cc2cnc[nH]2)NC(C)=O)C(=O)N2CCCC2C(=O)NCCSCc2cccc(CSCCC(=O)N(C)[C@@H](Cc3cnc[nH]3)C(=O)N(I)CC(=O)N[C@H](Cc3cn(I)c4ccc(F)cc34)C(=O)N[C@@H](Cc3c[nH]c4ccc(C)cc34)C(C)=O)c2)cc1. The Kier molecular flexibility index (Phi) is 26.8. The summed E-state index contributed by atoms with van der Waals surface area (Å²) in [6.07, 6.45) is 11.2. The first-order valence-electron chi connectivity index (χ1n) is 31.9. The summed E-state index contributed by atoms with van der Waals surface area (Å²) in [7, 11) is 3.10. The molecule has 1 fully saturated rings. The number of methoxy groups -OCH3 is 1. The Morgan fingerprint density at radius 3 is 2.08 bits per heavy atom. The van der Waals surface area contributed by atoms with Crippen molar-refractivity contribution >= 4 is 144 Å². The van der Waals surface area contributed by atoms with Crippen LogP contribution in [-0.4, -0.2) is 175 Å². The van der Waals surface area contributed by atoms with Crippen molar-refractivity contribution in [2.45, 2.75) is 120 Å². The Labute approximate surface area is 603 Å². The molecule has 6 atom stereocenters. The van der Waals surface area contributed by atoms with Gasteiger partial charge in [0.25, 0.3) is 5.91 Å². The molecule has 0 radical (unpaired) electrons. The summed E-state index contributed by atoms with van der Waals surface area (Å²) in [6.45, 7) is 4.84. The van der Waals surface area contributed by atoms with Gasteiger partial charge >= 0.3 is 0 Å². The number of likely N-dealkylation sites (tertiary alicyclic amines) is 1. The molecule has 4 aromatic carbocycles. The number of H-pyrrole nitrogens is 3. The van der Waals surface area contributed by atoms with Crippen molar-refractivity contribution in [3.05, 3.63) is 173 Å². The minimum atomic E-state index is -1.27. The van der Waals surface area contributed by atoms with Gasteiger partial charge in [0.1, 0.15) is 48.3 Å². The Bertz CT molecular complexity index is 4120. The Morgan fingerprint density at radius 2 is 1.41 bits per heavy atom. The van der Waals surface area contributed by atoms with E-state index in [1.165, 1.54) is 51.5 Å². The van der Waals surface area contributed by atoms with Gasteiger partial charge in [-0.3, -0.25) is 49.0 Å². The number of benzene rings is 4. The number of fused-ring (bicyclic) bond motifs is 2. The number of hydrogen-bond acceptors (Lipinski definition) is 14. The minimum absolute atomic E-state index is 0.0608. The second-order valence-electron chi connectivity index (χ2n) is 24.2. The van der Waals surface area contributed by atoms with Crippen molar-refractivity contribution in [2.75, 3.05) is 45.3 Å². The molecule has 98 heavy (non-hydrogen) atoms. The highest BCUT2D eigenvalue weighted by atomic mass is 127. The number of Topliss-reactive ketones (excluding diaryl/α,β-unsaturated/α-hetero) is 1. The maximum Gasteiger partial charge on any atom is 0.254 e. The van der Waals surface area contributed by atoms with Gasteiger partial charge in [-0.2, -0.15) is 23.5 Å². The van der Waals surface area contributed by atoms with Crippen LogP contribution in [0.5, 0.6) is 5.75 Å². The number of aromatic amines is 3. The lowest BCUT2D eigenvalue weighted by Gasteiger charge is -2.30. The third kappa shape index (κ3) is 20.4. The molecule has 8 aromatic rings. The van der Waals surface area contributed by atoms with Crippen LogP contribution in [0.15, 0.2) is 122 Å². The molecular formula is C69H79FI2N14O10S2. The summed E-state index contributed by atoms with van der Waals surface area (Å²) < 4.78 is 23.0. The van der Waals surface area contributed by atoms with Crippen molar-refractivity contribution in [3.63, 3.8) is 0 Å². The molecule has 9 rings (SSSR count). The van der Waals surface area contributed by atoms with Gasteiger partial charge in [-0.05, 0) is 97.0 Å². The van der Waals surface area contributed by atoms with Crippen molar-refractivity contribution in [3.8, 4) is 5.75 Å². The number of ether oxygens (including phenoxy) is 1. The third-order valence-corrected chi connectivity index (χ3v) is 20.6. The smallest absolute Gasteiger partial charge is 0.254 e. The van der Waals surface area contributed by atoms with Crippen molar-refractivity contribution in [1.82, 2.24) is 67.2 Å². The number of carbonyl (C=O) groups excluding carboxylic acids is 9. The number of hydrogen-bond donors (Lipinski definition) is 8. The molecule has 5 heterocycles. The van der Waals surface area contributed by atoms with E-state index in [0.717, 1.165) is 38.7 Å². The normalized spacial score (nSPS) is 14.4. The Hall–Kier alpha value is -8.30. The maximum absolute atomic E-state index is 14.7. The lowest BCUT2D eigenvalue weighted by Crippen LogP contribution is -2.57. The lowest BCUT2D eigenvalue weighted by molar-refractivity contribution is -0.141. The van der Waals surface area contributed by atoms with Gasteiger partial charge in [0.15, 0.2) is 5.78 Å². The fourth-order valence-electron chi connectivity index (χ4n) is 11.8. The highest BCUT2D eigenvalue weighted by Gasteiger charge is 2.39. The molecule has 4 aromatic heterocycles. The number of thioether (sulfide) groups is 2. The van der Waals surface area contributed by atoms with E-state index in [2.05, 4.69) is 80.4 Å². The number of halogens is 3. The predicted octanol–water partition coefficient (Wildman–Crippen LogP) is 6.95. The molecule has 518 valence electrons. The summed E-state index contributed by atoms with van der Waals surface area (Å²) in [5.41, 5.74) is 8.05. The van der Waals surface area contributed by atoms with Crippen LogP contribution in [0.1, 0.15) is 77.9 Å². The Morgan fingerprint density at radius 1 is 0.735 bits per heavy atom. The van der Waals surface area contributed by atoms with Gasteiger partial charge in [0.05, 0.1) is 77.1 Å². The average molecular weight is 1600 g/mol. The van der Waals surface area contributed by atoms with Gasteiger partial charge < -0.3 is 56.1 Å². The number of ketones is 1. The van der Waals surface area contributed by atoms with E-state index in [0.29, 0.717) is 82.5 Å². The highest BCUT2D eigenvalue weighted by molar-refractivity contribution is 14.1. The first-order chi connectivity index (χ1) is 47.1. The summed E-state index contributed by atoms with van der Waals surface area (Å²) in [4.78, 5) is 145. The average Bonchev–Trinajstić information content (AvgIpc) is 1.65. The molecule has 1 unspecified atom stereocenters. The van der Waals surface area contributed by atoms with Crippen molar-refractivity contribution in [1.29, 1.82) is 0 Å². The van der Waals surface area contributed by atoms with E-state index in [-0.39, 0.29) is 56.1 Å². The van der Waals surface area contributed by atoms with E-state index in [1.54, 1.807) is 106 Å². The van der Waals surface area contributed by atoms with Gasteiger partial charge in [0, 0.05) is 141 Å². The van der Waals surface area contributed by atoms with Gasteiger partial charge in [0.2, 0.25) is 41.4 Å². The van der Waals surface area contributed by atoms with E-state index >= 15 is 0 Å². The topological polar surface area (TPSA) is 311 Å². The van der Waals surface area contributed by atoms with Gasteiger partial charge in [-0.15, -0.1) is 0 Å². The van der Waals surface area contributed by atoms with Crippen molar-refractivity contribution in [2.24, 2.45) is 0 Å². The molecule has 0 bridgehead atoms. The first kappa shape index (κ1) is 73.9. The molecule has 24 nitrogen and oxygen atoms in total.